The maximum Gasteiger partial charge on any atom is 0.397 e. The molecule has 0 atom stereocenters. The summed E-state index contributed by atoms with van der Waals surface area (Å²) < 4.78 is 6.63. The molecular formula is C13H19N3O3. The molecule has 0 unspecified atom stereocenters. The van der Waals surface area contributed by atoms with Gasteiger partial charge in [0.05, 0.1) is 6.61 Å². The lowest BCUT2D eigenvalue weighted by Crippen LogP contribution is -2.43. The second-order valence-corrected chi connectivity index (χ2v) is 4.68. The van der Waals surface area contributed by atoms with E-state index in [2.05, 4.69) is 5.10 Å². The van der Waals surface area contributed by atoms with Gasteiger partial charge < -0.3 is 9.64 Å². The van der Waals surface area contributed by atoms with E-state index in [0.29, 0.717) is 19.0 Å². The first-order valence-electron chi connectivity index (χ1n) is 6.64. The second kappa shape index (κ2) is 6.36. The third-order valence-electron chi connectivity index (χ3n) is 3.36. The number of aromatic nitrogens is 2. The smallest absolute Gasteiger partial charge is 0.397 e. The molecule has 2 rings (SSSR count). The number of carbonyl (C=O) groups excluding carboxylic acids is 2. The number of piperidine rings is 1. The minimum atomic E-state index is -0.743. The van der Waals surface area contributed by atoms with Crippen LogP contribution < -0.4 is 0 Å². The Balaban J connectivity index is 1.79. The Morgan fingerprint density at radius 2 is 2.11 bits per heavy atom. The van der Waals surface area contributed by atoms with Crippen molar-refractivity contribution in [3.05, 3.63) is 18.5 Å². The van der Waals surface area contributed by atoms with Crippen LogP contribution in [0.4, 0.5) is 0 Å². The fourth-order valence-electron chi connectivity index (χ4n) is 2.31. The van der Waals surface area contributed by atoms with Gasteiger partial charge in [-0.2, -0.15) is 5.10 Å². The fourth-order valence-corrected chi connectivity index (χ4v) is 2.31. The number of amides is 1. The molecule has 0 N–H and O–H groups in total. The molecular weight excluding hydrogens is 246 g/mol. The van der Waals surface area contributed by atoms with E-state index in [4.69, 9.17) is 4.74 Å². The number of carbonyl (C=O) groups is 2. The lowest BCUT2D eigenvalue weighted by atomic mass is 9.97. The lowest BCUT2D eigenvalue weighted by molar-refractivity contribution is -0.160. The van der Waals surface area contributed by atoms with Crippen LogP contribution >= 0.6 is 0 Å². The standard InChI is InChI=1S/C13H19N3O3/c1-2-19-13(18)12(17)15-8-4-11(5-9-15)10-16-7-3-6-14-16/h3,6-7,11H,2,4-5,8-10H2,1H3. The van der Waals surface area contributed by atoms with Crippen LogP contribution in [0.25, 0.3) is 0 Å². The summed E-state index contributed by atoms with van der Waals surface area (Å²) in [6.07, 6.45) is 5.49. The Morgan fingerprint density at radius 3 is 2.68 bits per heavy atom. The van der Waals surface area contributed by atoms with Gasteiger partial charge in [0.1, 0.15) is 0 Å². The average molecular weight is 265 g/mol. The van der Waals surface area contributed by atoms with Crippen LogP contribution in [0.1, 0.15) is 19.8 Å². The summed E-state index contributed by atoms with van der Waals surface area (Å²) in [6, 6.07) is 1.90. The van der Waals surface area contributed by atoms with Crippen LogP contribution in [0.2, 0.25) is 0 Å². The molecule has 1 aromatic rings. The minimum absolute atomic E-state index is 0.236. The molecule has 2 heterocycles. The molecule has 1 saturated heterocycles. The molecule has 1 aliphatic rings. The van der Waals surface area contributed by atoms with E-state index >= 15 is 0 Å². The third kappa shape index (κ3) is 3.56. The van der Waals surface area contributed by atoms with Crippen molar-refractivity contribution in [3.8, 4) is 0 Å². The largest absolute Gasteiger partial charge is 0.459 e. The molecule has 0 aliphatic carbocycles. The van der Waals surface area contributed by atoms with E-state index in [1.165, 1.54) is 0 Å². The van der Waals surface area contributed by atoms with Crippen LogP contribution in [0.3, 0.4) is 0 Å². The predicted octanol–water partition coefficient (Wildman–Crippen LogP) is 0.685. The average Bonchev–Trinajstić information content (AvgIpc) is 2.92. The van der Waals surface area contributed by atoms with Crippen molar-refractivity contribution < 1.29 is 14.3 Å². The summed E-state index contributed by atoms with van der Waals surface area (Å²) in [5, 5.41) is 4.18. The normalized spacial score (nSPS) is 16.4. The van der Waals surface area contributed by atoms with Gasteiger partial charge in [-0.3, -0.25) is 9.48 Å². The second-order valence-electron chi connectivity index (χ2n) is 4.68. The fraction of sp³-hybridized carbons (Fsp3) is 0.615. The Hall–Kier alpha value is -1.85. The number of hydrogen-bond donors (Lipinski definition) is 0. The van der Waals surface area contributed by atoms with Crippen molar-refractivity contribution >= 4 is 11.9 Å². The quantitative estimate of drug-likeness (QED) is 0.595. The van der Waals surface area contributed by atoms with Gasteiger partial charge in [-0.15, -0.1) is 0 Å². The number of hydrogen-bond acceptors (Lipinski definition) is 4. The molecule has 0 aromatic carbocycles. The van der Waals surface area contributed by atoms with Gasteiger partial charge >= 0.3 is 11.9 Å². The summed E-state index contributed by atoms with van der Waals surface area (Å²) in [4.78, 5) is 24.7. The van der Waals surface area contributed by atoms with Gasteiger partial charge in [-0.05, 0) is 31.7 Å². The molecule has 0 radical (unpaired) electrons. The molecule has 6 nitrogen and oxygen atoms in total. The van der Waals surface area contributed by atoms with E-state index in [1.807, 2.05) is 16.9 Å². The molecule has 1 fully saturated rings. The number of esters is 1. The van der Waals surface area contributed by atoms with Crippen LogP contribution in [-0.4, -0.2) is 46.3 Å². The van der Waals surface area contributed by atoms with Crippen molar-refractivity contribution in [1.29, 1.82) is 0 Å². The van der Waals surface area contributed by atoms with Crippen LogP contribution in [0.15, 0.2) is 18.5 Å². The highest BCUT2D eigenvalue weighted by molar-refractivity contribution is 6.32. The highest BCUT2D eigenvalue weighted by Gasteiger charge is 2.27. The van der Waals surface area contributed by atoms with Crippen LogP contribution in [-0.2, 0) is 20.9 Å². The maximum atomic E-state index is 11.7. The molecule has 19 heavy (non-hydrogen) atoms. The molecule has 1 aromatic heterocycles. The summed E-state index contributed by atoms with van der Waals surface area (Å²) in [5.74, 6) is -0.751. The van der Waals surface area contributed by atoms with Gasteiger partial charge in [0.15, 0.2) is 0 Å². The van der Waals surface area contributed by atoms with Crippen molar-refractivity contribution in [2.45, 2.75) is 26.3 Å². The first-order valence-corrected chi connectivity index (χ1v) is 6.64. The van der Waals surface area contributed by atoms with Gasteiger partial charge in [0, 0.05) is 32.0 Å². The zero-order valence-electron chi connectivity index (χ0n) is 11.1. The molecule has 0 bridgehead atoms. The van der Waals surface area contributed by atoms with Crippen molar-refractivity contribution in [2.75, 3.05) is 19.7 Å². The number of nitrogens with zero attached hydrogens (tertiary/aromatic N) is 3. The number of likely N-dealkylation sites (tertiary alicyclic amines) is 1. The van der Waals surface area contributed by atoms with Crippen LogP contribution in [0.5, 0.6) is 0 Å². The highest BCUT2D eigenvalue weighted by Crippen LogP contribution is 2.19. The van der Waals surface area contributed by atoms with E-state index in [0.717, 1.165) is 19.4 Å². The molecule has 1 aliphatic heterocycles. The summed E-state index contributed by atoms with van der Waals surface area (Å²) in [6.45, 7) is 4.03. The monoisotopic (exact) mass is 265 g/mol. The Bertz CT molecular complexity index is 422. The Morgan fingerprint density at radius 1 is 1.37 bits per heavy atom. The van der Waals surface area contributed by atoms with Gasteiger partial charge in [-0.1, -0.05) is 0 Å². The topological polar surface area (TPSA) is 64.4 Å². The van der Waals surface area contributed by atoms with Crippen molar-refractivity contribution in [1.82, 2.24) is 14.7 Å². The summed E-state index contributed by atoms with van der Waals surface area (Å²) >= 11 is 0. The molecule has 1 amide bonds. The molecule has 0 spiro atoms. The highest BCUT2D eigenvalue weighted by atomic mass is 16.5. The van der Waals surface area contributed by atoms with E-state index < -0.39 is 11.9 Å². The SMILES string of the molecule is CCOC(=O)C(=O)N1CCC(Cn2cccn2)CC1. The third-order valence-corrected chi connectivity index (χ3v) is 3.36. The Labute approximate surface area is 112 Å². The predicted molar refractivity (Wildman–Crippen MR) is 68.2 cm³/mol. The molecule has 104 valence electrons. The van der Waals surface area contributed by atoms with E-state index in [1.54, 1.807) is 18.0 Å². The molecule has 0 saturated carbocycles. The Kier molecular flexibility index (Phi) is 4.54. The van der Waals surface area contributed by atoms with E-state index in [9.17, 15) is 9.59 Å². The summed E-state index contributed by atoms with van der Waals surface area (Å²) in [7, 11) is 0. The van der Waals surface area contributed by atoms with Gasteiger partial charge in [-0.25, -0.2) is 4.79 Å². The van der Waals surface area contributed by atoms with E-state index in [-0.39, 0.29) is 6.61 Å². The molecule has 6 heteroatoms. The van der Waals surface area contributed by atoms with Gasteiger partial charge in [0.2, 0.25) is 0 Å². The zero-order valence-corrected chi connectivity index (χ0v) is 11.1. The zero-order chi connectivity index (χ0) is 13.7. The van der Waals surface area contributed by atoms with Gasteiger partial charge in [0.25, 0.3) is 0 Å². The van der Waals surface area contributed by atoms with Crippen LogP contribution in [0, 0.1) is 5.92 Å². The summed E-state index contributed by atoms with van der Waals surface area (Å²) in [5.41, 5.74) is 0. The lowest BCUT2D eigenvalue weighted by Gasteiger charge is -2.31. The minimum Gasteiger partial charge on any atom is -0.459 e. The number of ether oxygens (including phenoxy) is 1. The first-order chi connectivity index (χ1) is 9.20. The van der Waals surface area contributed by atoms with Crippen molar-refractivity contribution in [3.63, 3.8) is 0 Å². The maximum absolute atomic E-state index is 11.7. The van der Waals surface area contributed by atoms with Crippen molar-refractivity contribution in [2.24, 2.45) is 5.92 Å². The number of rotatable bonds is 3. The first kappa shape index (κ1) is 13.6.